The number of carbonyl (C=O) groups is 1. The molecule has 0 N–H and O–H groups in total. The first-order valence-corrected chi connectivity index (χ1v) is 11.0. The highest BCUT2D eigenvalue weighted by Crippen LogP contribution is 2.33. The molecule has 3 rings (SSSR count). The van der Waals surface area contributed by atoms with Gasteiger partial charge in [0.05, 0.1) is 6.61 Å². The Morgan fingerprint density at radius 1 is 1.31 bits per heavy atom. The van der Waals surface area contributed by atoms with Crippen LogP contribution in [0.15, 0.2) is 11.8 Å². The van der Waals surface area contributed by atoms with Gasteiger partial charge in [-0.05, 0) is 57.4 Å². The van der Waals surface area contributed by atoms with Crippen LogP contribution in [0.1, 0.15) is 60.8 Å². The van der Waals surface area contributed by atoms with Crippen molar-refractivity contribution < 1.29 is 35.3 Å². The number of nitrogens with zero attached hydrogens (tertiary/aromatic N) is 2. The largest absolute Gasteiger partial charge is 0.534 e. The molecule has 162 valence electrons. The standard InChI is InChI=1S/C18H23F3N2O5S/c1-2-27-17(24)16-14-4-3-5-15(14)23(22-16)11-10-12-6-8-13(9-7-12)28-29(25,26)18(19,20)21/h8,12H,2-7,9-11H2,1H3. The van der Waals surface area contributed by atoms with Gasteiger partial charge in [-0.2, -0.15) is 26.7 Å². The smallest absolute Gasteiger partial charge is 0.461 e. The molecule has 29 heavy (non-hydrogen) atoms. The quantitative estimate of drug-likeness (QED) is 0.369. The summed E-state index contributed by atoms with van der Waals surface area (Å²) in [6.07, 6.45) is 5.81. The van der Waals surface area contributed by atoms with E-state index in [0.717, 1.165) is 30.5 Å². The van der Waals surface area contributed by atoms with E-state index in [4.69, 9.17) is 4.74 Å². The molecule has 0 amide bonds. The Bertz CT molecular complexity index is 905. The van der Waals surface area contributed by atoms with Crippen LogP contribution in [0.5, 0.6) is 0 Å². The fourth-order valence-electron chi connectivity index (χ4n) is 3.75. The van der Waals surface area contributed by atoms with Crippen molar-refractivity contribution in [2.24, 2.45) is 5.92 Å². The number of fused-ring (bicyclic) bond motifs is 1. The van der Waals surface area contributed by atoms with E-state index in [1.165, 1.54) is 6.08 Å². The Morgan fingerprint density at radius 2 is 2.07 bits per heavy atom. The highest BCUT2D eigenvalue weighted by atomic mass is 32.2. The van der Waals surface area contributed by atoms with E-state index in [2.05, 4.69) is 9.28 Å². The first kappa shape index (κ1) is 21.7. The van der Waals surface area contributed by atoms with E-state index in [1.807, 2.05) is 4.68 Å². The molecule has 7 nitrogen and oxygen atoms in total. The number of ether oxygens (including phenoxy) is 1. The van der Waals surface area contributed by atoms with Crippen LogP contribution in [0, 0.1) is 5.92 Å². The lowest BCUT2D eigenvalue weighted by molar-refractivity contribution is -0.0524. The minimum atomic E-state index is -5.61. The van der Waals surface area contributed by atoms with Crippen LogP contribution >= 0.6 is 0 Å². The van der Waals surface area contributed by atoms with Crippen LogP contribution in [-0.2, 0) is 38.4 Å². The van der Waals surface area contributed by atoms with Gasteiger partial charge in [0, 0.05) is 24.2 Å². The number of halogens is 3. The summed E-state index contributed by atoms with van der Waals surface area (Å²) in [5.41, 5.74) is -3.07. The molecule has 0 bridgehead atoms. The molecule has 0 saturated carbocycles. The zero-order chi connectivity index (χ0) is 21.2. The predicted molar refractivity (Wildman–Crippen MR) is 96.3 cm³/mol. The molecule has 1 atom stereocenters. The lowest BCUT2D eigenvalue weighted by atomic mass is 9.90. The molecule has 1 aromatic rings. The minimum Gasteiger partial charge on any atom is -0.461 e. The van der Waals surface area contributed by atoms with E-state index in [1.54, 1.807) is 6.92 Å². The van der Waals surface area contributed by atoms with Gasteiger partial charge in [0.15, 0.2) is 5.69 Å². The fourth-order valence-corrected chi connectivity index (χ4v) is 4.28. The van der Waals surface area contributed by atoms with Gasteiger partial charge in [-0.25, -0.2) is 4.79 Å². The number of allylic oxidation sites excluding steroid dienone is 2. The van der Waals surface area contributed by atoms with Crippen LogP contribution in [0.2, 0.25) is 0 Å². The SMILES string of the molecule is CCOC(=O)c1nn(CCC2CC=C(OS(=O)(=O)C(F)(F)F)CC2)c2c1CCC2. The van der Waals surface area contributed by atoms with E-state index in [9.17, 15) is 26.4 Å². The average molecular weight is 436 g/mol. The highest BCUT2D eigenvalue weighted by molar-refractivity contribution is 7.87. The Morgan fingerprint density at radius 3 is 2.69 bits per heavy atom. The average Bonchev–Trinajstić information content (AvgIpc) is 3.23. The molecule has 2 aliphatic rings. The summed E-state index contributed by atoms with van der Waals surface area (Å²) in [7, 11) is -5.61. The van der Waals surface area contributed by atoms with Gasteiger partial charge in [0.25, 0.3) is 0 Å². The third-order valence-corrected chi connectivity index (χ3v) is 6.20. The van der Waals surface area contributed by atoms with Crippen molar-refractivity contribution in [2.75, 3.05) is 6.61 Å². The van der Waals surface area contributed by atoms with Crippen LogP contribution < -0.4 is 0 Å². The summed E-state index contributed by atoms with van der Waals surface area (Å²) in [5, 5.41) is 4.42. The normalized spacial score (nSPS) is 19.6. The van der Waals surface area contributed by atoms with Crippen LogP contribution in [0.3, 0.4) is 0 Å². The maximum atomic E-state index is 12.4. The molecule has 1 heterocycles. The summed E-state index contributed by atoms with van der Waals surface area (Å²) in [6.45, 7) is 2.60. The fraction of sp³-hybridized carbons (Fsp3) is 0.667. The van der Waals surface area contributed by atoms with Crippen molar-refractivity contribution in [3.05, 3.63) is 28.8 Å². The Kier molecular flexibility index (Phi) is 6.25. The topological polar surface area (TPSA) is 87.5 Å². The Hall–Kier alpha value is -2.04. The number of carbonyl (C=O) groups excluding carboxylic acids is 1. The molecule has 1 aromatic heterocycles. The van der Waals surface area contributed by atoms with Crippen LogP contribution in [0.25, 0.3) is 0 Å². The van der Waals surface area contributed by atoms with Crippen LogP contribution in [-0.4, -0.2) is 36.3 Å². The minimum absolute atomic E-state index is 0.130. The van der Waals surface area contributed by atoms with Gasteiger partial charge in [-0.15, -0.1) is 0 Å². The zero-order valence-electron chi connectivity index (χ0n) is 16.0. The zero-order valence-corrected chi connectivity index (χ0v) is 16.8. The summed E-state index contributed by atoms with van der Waals surface area (Å²) in [4.78, 5) is 12.1. The monoisotopic (exact) mass is 436 g/mol. The van der Waals surface area contributed by atoms with Crippen molar-refractivity contribution >= 4 is 16.1 Å². The molecule has 0 fully saturated rings. The van der Waals surface area contributed by atoms with Crippen molar-refractivity contribution in [3.8, 4) is 0 Å². The highest BCUT2D eigenvalue weighted by Gasteiger charge is 2.48. The Balaban J connectivity index is 1.59. The molecule has 0 spiro atoms. The molecule has 11 heteroatoms. The number of hydrogen-bond acceptors (Lipinski definition) is 6. The molecular formula is C18H23F3N2O5S. The van der Waals surface area contributed by atoms with Gasteiger partial charge in [-0.3, -0.25) is 4.68 Å². The summed E-state index contributed by atoms with van der Waals surface area (Å²) >= 11 is 0. The molecular weight excluding hydrogens is 413 g/mol. The van der Waals surface area contributed by atoms with Crippen LogP contribution in [0.4, 0.5) is 13.2 Å². The molecule has 0 aromatic carbocycles. The second kappa shape index (κ2) is 8.37. The van der Waals surface area contributed by atoms with Crippen molar-refractivity contribution in [2.45, 2.75) is 63.9 Å². The number of aromatic nitrogens is 2. The van der Waals surface area contributed by atoms with Gasteiger partial charge < -0.3 is 8.92 Å². The maximum absolute atomic E-state index is 12.4. The summed E-state index contributed by atoms with van der Waals surface area (Å²) in [5.74, 6) is -0.413. The second-order valence-electron chi connectivity index (χ2n) is 7.15. The number of hydrogen-bond donors (Lipinski definition) is 0. The number of alkyl halides is 3. The van der Waals surface area contributed by atoms with Crippen molar-refractivity contribution in [1.29, 1.82) is 0 Å². The number of aryl methyl sites for hydroxylation is 1. The summed E-state index contributed by atoms with van der Waals surface area (Å²) in [6, 6.07) is 0. The van der Waals surface area contributed by atoms with Gasteiger partial charge >= 0.3 is 21.6 Å². The number of esters is 1. The van der Waals surface area contributed by atoms with E-state index in [0.29, 0.717) is 31.5 Å². The lowest BCUT2D eigenvalue weighted by Gasteiger charge is -2.22. The van der Waals surface area contributed by atoms with Gasteiger partial charge in [-0.1, -0.05) is 0 Å². The van der Waals surface area contributed by atoms with Gasteiger partial charge in [0.1, 0.15) is 5.76 Å². The van der Waals surface area contributed by atoms with Gasteiger partial charge in [0.2, 0.25) is 0 Å². The second-order valence-corrected chi connectivity index (χ2v) is 8.69. The first-order valence-electron chi connectivity index (χ1n) is 9.57. The predicted octanol–water partition coefficient (Wildman–Crippen LogP) is 3.49. The van der Waals surface area contributed by atoms with Crippen molar-refractivity contribution in [1.82, 2.24) is 9.78 Å². The summed E-state index contributed by atoms with van der Waals surface area (Å²) < 4.78 is 70.5. The van der Waals surface area contributed by atoms with E-state index in [-0.39, 0.29) is 24.7 Å². The maximum Gasteiger partial charge on any atom is 0.534 e. The van der Waals surface area contributed by atoms with E-state index < -0.39 is 21.6 Å². The van der Waals surface area contributed by atoms with E-state index >= 15 is 0 Å². The number of rotatable bonds is 7. The van der Waals surface area contributed by atoms with Crippen molar-refractivity contribution in [3.63, 3.8) is 0 Å². The lowest BCUT2D eigenvalue weighted by Crippen LogP contribution is -2.26. The Labute approximate surface area is 167 Å². The molecule has 2 aliphatic carbocycles. The molecule has 0 saturated heterocycles. The third kappa shape index (κ3) is 4.76. The molecule has 0 radical (unpaired) electrons. The molecule has 0 aliphatic heterocycles. The first-order chi connectivity index (χ1) is 13.6. The third-order valence-electron chi connectivity index (χ3n) is 5.20. The molecule has 1 unspecified atom stereocenters.